The van der Waals surface area contributed by atoms with E-state index >= 15 is 0 Å². The Labute approximate surface area is 121 Å². The lowest BCUT2D eigenvalue weighted by atomic mass is 10.2. The van der Waals surface area contributed by atoms with Crippen LogP contribution in [-0.2, 0) is 20.7 Å². The van der Waals surface area contributed by atoms with Gasteiger partial charge in [-0.15, -0.1) is 11.3 Å². The van der Waals surface area contributed by atoms with E-state index in [4.69, 9.17) is 4.74 Å². The number of hydrogen-bond acceptors (Lipinski definition) is 5. The number of carbonyl (C=O) groups excluding carboxylic acids is 2. The van der Waals surface area contributed by atoms with Crippen molar-refractivity contribution in [1.82, 2.24) is 4.98 Å². The largest absolute Gasteiger partial charge is 0.466 e. The maximum Gasteiger partial charge on any atom is 0.306 e. The lowest BCUT2D eigenvalue weighted by Gasteiger charge is -2.00. The Morgan fingerprint density at radius 3 is 2.85 bits per heavy atom. The Bertz CT molecular complexity index is 633. The number of benzene rings is 1. The van der Waals surface area contributed by atoms with Gasteiger partial charge >= 0.3 is 5.97 Å². The number of carbonyl (C=O) groups is 2. The van der Waals surface area contributed by atoms with Gasteiger partial charge in [0, 0.05) is 6.42 Å². The summed E-state index contributed by atoms with van der Waals surface area (Å²) in [5, 5.41) is 0.805. The van der Waals surface area contributed by atoms with Crippen molar-refractivity contribution >= 4 is 33.3 Å². The zero-order valence-corrected chi connectivity index (χ0v) is 12.5. The lowest BCUT2D eigenvalue weighted by molar-refractivity contribution is -0.144. The Balaban J connectivity index is 1.94. The van der Waals surface area contributed by atoms with Gasteiger partial charge in [0.25, 0.3) is 0 Å². The van der Waals surface area contributed by atoms with Gasteiger partial charge in [-0.25, -0.2) is 4.98 Å². The van der Waals surface area contributed by atoms with E-state index in [0.717, 1.165) is 15.2 Å². The first kappa shape index (κ1) is 14.7. The van der Waals surface area contributed by atoms with Crippen LogP contribution < -0.4 is 0 Å². The summed E-state index contributed by atoms with van der Waals surface area (Å²) in [6.07, 6.45) is 0.655. The second-order valence-electron chi connectivity index (χ2n) is 4.60. The summed E-state index contributed by atoms with van der Waals surface area (Å²) in [4.78, 5) is 27.5. The second kappa shape index (κ2) is 6.61. The maximum absolute atomic E-state index is 11.8. The van der Waals surface area contributed by atoms with E-state index in [9.17, 15) is 9.59 Å². The van der Waals surface area contributed by atoms with Crippen LogP contribution in [0.3, 0.4) is 0 Å². The third-order valence-corrected chi connectivity index (χ3v) is 3.87. The van der Waals surface area contributed by atoms with Crippen molar-refractivity contribution in [3.63, 3.8) is 0 Å². The van der Waals surface area contributed by atoms with E-state index in [-0.39, 0.29) is 31.0 Å². The van der Waals surface area contributed by atoms with E-state index < -0.39 is 0 Å². The summed E-state index contributed by atoms with van der Waals surface area (Å²) < 4.78 is 5.90. The minimum atomic E-state index is -0.319. The molecule has 0 atom stereocenters. The number of nitrogens with zero attached hydrogens (tertiary/aromatic N) is 1. The fraction of sp³-hybridized carbons (Fsp3) is 0.400. The first-order valence-electron chi connectivity index (χ1n) is 6.62. The highest BCUT2D eigenvalue weighted by Gasteiger charge is 2.11. The van der Waals surface area contributed by atoms with E-state index in [1.807, 2.05) is 19.1 Å². The molecule has 0 spiro atoms. The Morgan fingerprint density at radius 1 is 1.30 bits per heavy atom. The van der Waals surface area contributed by atoms with Crippen LogP contribution >= 0.6 is 11.3 Å². The van der Waals surface area contributed by atoms with Crippen LogP contribution in [0.4, 0.5) is 0 Å². The molecule has 0 aliphatic rings. The highest BCUT2D eigenvalue weighted by molar-refractivity contribution is 7.18. The average molecular weight is 291 g/mol. The Kier molecular flexibility index (Phi) is 4.84. The molecule has 1 aromatic heterocycles. The van der Waals surface area contributed by atoms with Crippen LogP contribution in [0.1, 0.15) is 30.3 Å². The second-order valence-corrected chi connectivity index (χ2v) is 5.71. The van der Waals surface area contributed by atoms with Crippen molar-refractivity contribution in [3.8, 4) is 0 Å². The average Bonchev–Trinajstić information content (AvgIpc) is 2.78. The van der Waals surface area contributed by atoms with Gasteiger partial charge in [0.05, 0.1) is 29.7 Å². The Hall–Kier alpha value is -1.75. The molecule has 0 aliphatic carbocycles. The predicted octanol–water partition coefficient (Wildman–Crippen LogP) is 3.06. The van der Waals surface area contributed by atoms with E-state index in [2.05, 4.69) is 11.1 Å². The van der Waals surface area contributed by atoms with Gasteiger partial charge in [-0.3, -0.25) is 9.59 Å². The Morgan fingerprint density at radius 2 is 2.10 bits per heavy atom. The number of ether oxygens (including phenoxy) is 1. The quantitative estimate of drug-likeness (QED) is 0.768. The third kappa shape index (κ3) is 3.87. The van der Waals surface area contributed by atoms with Gasteiger partial charge in [-0.2, -0.15) is 0 Å². The molecule has 20 heavy (non-hydrogen) atoms. The van der Waals surface area contributed by atoms with Gasteiger partial charge in [-0.1, -0.05) is 6.07 Å². The maximum atomic E-state index is 11.8. The molecule has 0 amide bonds. The molecule has 2 aromatic rings. The monoisotopic (exact) mass is 291 g/mol. The first-order chi connectivity index (χ1) is 9.58. The number of esters is 1. The molecule has 0 bridgehead atoms. The molecule has 1 heterocycles. The van der Waals surface area contributed by atoms with E-state index in [1.54, 1.807) is 6.92 Å². The first-order valence-corrected chi connectivity index (χ1v) is 7.43. The molecule has 0 fully saturated rings. The molecule has 0 unspecified atom stereocenters. The minimum Gasteiger partial charge on any atom is -0.466 e. The summed E-state index contributed by atoms with van der Waals surface area (Å²) in [7, 11) is 0. The molecule has 0 saturated heterocycles. The lowest BCUT2D eigenvalue weighted by Crippen LogP contribution is -2.09. The molecule has 1 aromatic carbocycles. The number of aromatic nitrogens is 1. The van der Waals surface area contributed by atoms with Crippen LogP contribution in [0.5, 0.6) is 0 Å². The van der Waals surface area contributed by atoms with E-state index in [0.29, 0.717) is 6.61 Å². The minimum absolute atomic E-state index is 0.0221. The van der Waals surface area contributed by atoms with Crippen molar-refractivity contribution in [2.45, 2.75) is 33.1 Å². The molecule has 4 nitrogen and oxygen atoms in total. The van der Waals surface area contributed by atoms with Crippen LogP contribution in [0.15, 0.2) is 18.2 Å². The van der Waals surface area contributed by atoms with Crippen LogP contribution in [0.2, 0.25) is 0 Å². The van der Waals surface area contributed by atoms with Crippen molar-refractivity contribution in [1.29, 1.82) is 0 Å². The van der Waals surface area contributed by atoms with Gasteiger partial charge < -0.3 is 4.74 Å². The summed E-state index contributed by atoms with van der Waals surface area (Å²) in [5.41, 5.74) is 2.11. The van der Waals surface area contributed by atoms with Crippen molar-refractivity contribution in [2.75, 3.05) is 6.61 Å². The smallest absolute Gasteiger partial charge is 0.306 e. The molecular formula is C15H17NO3S. The summed E-state index contributed by atoms with van der Waals surface area (Å²) in [6.45, 7) is 4.14. The molecule has 2 rings (SSSR count). The van der Waals surface area contributed by atoms with Gasteiger partial charge in [-0.05, 0) is 31.5 Å². The summed E-state index contributed by atoms with van der Waals surface area (Å²) in [6, 6.07) is 6.04. The van der Waals surface area contributed by atoms with Crippen LogP contribution in [-0.4, -0.2) is 23.3 Å². The highest BCUT2D eigenvalue weighted by atomic mass is 32.1. The summed E-state index contributed by atoms with van der Waals surface area (Å²) >= 11 is 1.54. The molecule has 0 N–H and O–H groups in total. The number of rotatable bonds is 6. The van der Waals surface area contributed by atoms with Gasteiger partial charge in [0.15, 0.2) is 0 Å². The summed E-state index contributed by atoms with van der Waals surface area (Å²) in [5.74, 6) is -0.297. The van der Waals surface area contributed by atoms with Crippen molar-refractivity contribution in [3.05, 3.63) is 28.8 Å². The fourth-order valence-corrected chi connectivity index (χ4v) is 2.98. The zero-order valence-electron chi connectivity index (χ0n) is 11.6. The molecule has 0 radical (unpaired) electrons. The number of aryl methyl sites for hydroxylation is 1. The fourth-order valence-electron chi connectivity index (χ4n) is 1.89. The number of thiazole rings is 1. The molecule has 0 aliphatic heterocycles. The molecular weight excluding hydrogens is 274 g/mol. The van der Waals surface area contributed by atoms with Crippen LogP contribution in [0, 0.1) is 6.92 Å². The van der Waals surface area contributed by atoms with Crippen LogP contribution in [0.25, 0.3) is 10.2 Å². The molecule has 106 valence electrons. The normalized spacial score (nSPS) is 10.7. The highest BCUT2D eigenvalue weighted by Crippen LogP contribution is 2.23. The van der Waals surface area contributed by atoms with Gasteiger partial charge in [0.1, 0.15) is 10.8 Å². The topological polar surface area (TPSA) is 56.3 Å². The van der Waals surface area contributed by atoms with E-state index in [1.165, 1.54) is 16.9 Å². The number of fused-ring (bicyclic) bond motifs is 1. The van der Waals surface area contributed by atoms with Crippen molar-refractivity contribution in [2.24, 2.45) is 0 Å². The predicted molar refractivity (Wildman–Crippen MR) is 78.9 cm³/mol. The molecule has 5 heteroatoms. The van der Waals surface area contributed by atoms with Gasteiger partial charge in [0.2, 0.25) is 0 Å². The molecule has 0 saturated carbocycles. The third-order valence-electron chi connectivity index (χ3n) is 2.85. The number of ketones is 1. The standard InChI is InChI=1S/C15H17NO3S/c1-3-19-15(18)7-5-11(17)9-14-16-12-6-4-10(2)8-13(12)20-14/h4,6,8H,3,5,7,9H2,1-2H3. The zero-order chi connectivity index (χ0) is 14.5. The SMILES string of the molecule is CCOC(=O)CCC(=O)Cc1nc2ccc(C)cc2s1. The number of hydrogen-bond donors (Lipinski definition) is 0. The number of Topliss-reactive ketones (excluding diaryl/α,β-unsaturated/α-hetero) is 1. The van der Waals surface area contributed by atoms with Crippen molar-refractivity contribution < 1.29 is 14.3 Å².